The maximum atomic E-state index is 9.93. The van der Waals surface area contributed by atoms with Crippen molar-refractivity contribution < 1.29 is 11.3 Å². The molecular formula is C3H7NO2S. The van der Waals surface area contributed by atoms with Crippen molar-refractivity contribution in [2.75, 3.05) is 5.75 Å². The lowest BCUT2D eigenvalue weighted by Gasteiger charge is -1.96. The monoisotopic (exact) mass is 123 g/mol. The maximum Gasteiger partial charge on any atom is 0.321 e. The third-order valence-corrected chi connectivity index (χ3v) is 0.846. The Kier molecular flexibility index (Phi) is 2.02. The third-order valence-electron chi connectivity index (χ3n) is 0.481. The van der Waals surface area contributed by atoms with Crippen LogP contribution in [0.15, 0.2) is 0 Å². The summed E-state index contributed by atoms with van der Waals surface area (Å²) in [5.74, 6) is -0.909. The number of hydrogen-bond donors (Lipinski definition) is 3. The number of carboxylic acid groups (broad SMARTS) is 1. The molecule has 0 aliphatic heterocycles. The van der Waals surface area contributed by atoms with E-state index in [9.17, 15) is 4.79 Å². The molecule has 0 spiro atoms. The van der Waals surface area contributed by atoms with Gasteiger partial charge in [0.25, 0.3) is 0 Å². The lowest BCUT2D eigenvalue weighted by molar-refractivity contribution is -0.137. The fourth-order valence-corrected chi connectivity index (χ4v) is 0.234. The van der Waals surface area contributed by atoms with E-state index in [1.54, 1.807) is 0 Å². The second-order valence-electron chi connectivity index (χ2n) is 1.07. The largest absolute Gasteiger partial charge is 0.480 e. The van der Waals surface area contributed by atoms with Gasteiger partial charge in [-0.3, -0.25) is 4.79 Å². The number of aliphatic carboxylic acids is 1. The lowest BCUT2D eigenvalue weighted by atomic mass is 10.4. The smallest absolute Gasteiger partial charge is 0.321 e. The Bertz CT molecular complexity index is 85.4. The van der Waals surface area contributed by atoms with Gasteiger partial charge in [0.1, 0.15) is 7.45 Å². The summed E-state index contributed by atoms with van der Waals surface area (Å²) >= 11 is 3.67. The van der Waals surface area contributed by atoms with Gasteiger partial charge < -0.3 is 10.8 Å². The van der Waals surface area contributed by atoms with Crippen molar-refractivity contribution in [1.29, 1.82) is 0 Å². The minimum atomic E-state index is -1.05. The van der Waals surface area contributed by atoms with Crippen LogP contribution in [0.1, 0.15) is 0 Å². The standard InChI is InChI=1S/C3H7NO2S/c4-2(1-7)3(5)6/h2,7H,1,4H2,(H,5,6)/i/hT. The molecule has 0 amide bonds. The Labute approximate surface area is 48.4 Å². The Morgan fingerprint density at radius 1 is 2.29 bits per heavy atom. The van der Waals surface area contributed by atoms with E-state index in [0.29, 0.717) is 0 Å². The first-order chi connectivity index (χ1) is 3.72. The minimum Gasteiger partial charge on any atom is -0.480 e. The highest BCUT2D eigenvalue weighted by Gasteiger charge is 2.06. The van der Waals surface area contributed by atoms with Crippen LogP contribution in [0.3, 0.4) is 0 Å². The number of hydrogen-bond acceptors (Lipinski definition) is 3. The van der Waals surface area contributed by atoms with Gasteiger partial charge in [0.05, 0.1) is 0 Å². The summed E-state index contributed by atoms with van der Waals surface area (Å²) in [6.45, 7) is 0. The highest BCUT2D eigenvalue weighted by Crippen LogP contribution is 1.80. The van der Waals surface area contributed by atoms with Crippen LogP contribution in [0, 0.1) is 0 Å². The molecule has 1 atom stereocenters. The molecule has 0 fully saturated rings. The normalized spacial score (nSPS) is 15.3. The van der Waals surface area contributed by atoms with E-state index in [0.717, 1.165) is 0 Å². The molecule has 7 heavy (non-hydrogen) atoms. The first kappa shape index (κ1) is 4.93. The third kappa shape index (κ3) is 2.47. The summed E-state index contributed by atoms with van der Waals surface area (Å²) in [6.07, 6.45) is 0. The van der Waals surface area contributed by atoms with Crippen LogP contribution in [0.2, 0.25) is 1.41 Å². The molecule has 0 aromatic rings. The van der Waals surface area contributed by atoms with Crippen LogP contribution in [0.5, 0.6) is 0 Å². The summed E-state index contributed by atoms with van der Waals surface area (Å²) in [7, 11) is 0. The van der Waals surface area contributed by atoms with Gasteiger partial charge in [-0.15, -0.1) is 0 Å². The summed E-state index contributed by atoms with van der Waals surface area (Å²) in [5, 5.41) is 8.14. The first-order valence-electron chi connectivity index (χ1n) is 2.23. The predicted molar refractivity (Wildman–Crippen MR) is 29.5 cm³/mol. The van der Waals surface area contributed by atoms with E-state index in [1.807, 2.05) is 5.73 Å². The Balaban J connectivity index is 3.52. The minimum absolute atomic E-state index is 0.138. The fourth-order valence-electron chi connectivity index (χ4n) is 0.0781. The molecule has 0 aliphatic rings. The molecule has 0 heterocycles. The number of carbonyl (C=O) groups is 1. The van der Waals surface area contributed by atoms with Gasteiger partial charge in [-0.1, -0.05) is 0 Å². The molecule has 4 heteroatoms. The van der Waals surface area contributed by atoms with Crippen molar-refractivity contribution in [2.45, 2.75) is 6.04 Å². The van der Waals surface area contributed by atoms with Crippen LogP contribution in [0.4, 0.5) is 0 Å². The quantitative estimate of drug-likeness (QED) is 0.436. The number of rotatable bonds is 3. The van der Waals surface area contributed by atoms with Crippen LogP contribution < -0.4 is 5.73 Å². The second-order valence-corrected chi connectivity index (χ2v) is 1.44. The van der Waals surface area contributed by atoms with Gasteiger partial charge in [0.15, 0.2) is 0 Å². The van der Waals surface area contributed by atoms with Gasteiger partial charge >= 0.3 is 5.97 Å². The zero-order chi connectivity index (χ0) is 6.57. The molecule has 42 valence electrons. The average Bonchev–Trinajstić information content (AvgIpc) is 1.69. The summed E-state index contributed by atoms with van der Waals surface area (Å²) in [5.41, 5.74) is 1.83. The van der Waals surface area contributed by atoms with E-state index in [-0.39, 0.29) is 5.75 Å². The molecule has 0 radical (unpaired) electrons. The fraction of sp³-hybridized carbons (Fsp3) is 0.667. The van der Waals surface area contributed by atoms with E-state index in [2.05, 4.69) is 12.6 Å². The molecule has 0 bridgehead atoms. The van der Waals surface area contributed by atoms with Crippen LogP contribution >= 0.6 is 12.6 Å². The lowest BCUT2D eigenvalue weighted by Crippen LogP contribution is -2.31. The van der Waals surface area contributed by atoms with E-state index in [1.165, 1.54) is 0 Å². The van der Waals surface area contributed by atoms with Gasteiger partial charge in [-0.25, -0.2) is 0 Å². The molecule has 0 rings (SSSR count). The van der Waals surface area contributed by atoms with Crippen molar-refractivity contribution in [2.24, 2.45) is 5.73 Å². The molecule has 0 saturated carbocycles. The molecule has 3 nitrogen and oxygen atoms in total. The maximum absolute atomic E-state index is 9.93. The predicted octanol–water partition coefficient (Wildman–Crippen LogP) is -0.672. The number of thiol groups is 1. The summed E-state index contributed by atoms with van der Waals surface area (Å²) in [4.78, 5) is 9.93. The molecule has 3 N–H and O–H groups in total. The van der Waals surface area contributed by atoms with Crippen LogP contribution in [-0.4, -0.2) is 22.9 Å². The van der Waals surface area contributed by atoms with Crippen molar-refractivity contribution in [1.82, 2.24) is 0 Å². The molecular weight excluding hydrogens is 114 g/mol. The highest BCUT2D eigenvalue weighted by atomic mass is 32.1. The molecule has 0 aromatic heterocycles. The van der Waals surface area contributed by atoms with Crippen molar-refractivity contribution in [3.8, 4) is 0 Å². The number of nitrogens with two attached hydrogens (primary N) is 1. The van der Waals surface area contributed by atoms with E-state index in [4.69, 9.17) is 6.52 Å². The average molecular weight is 123 g/mol. The van der Waals surface area contributed by atoms with Crippen LogP contribution in [-0.2, 0) is 4.79 Å². The van der Waals surface area contributed by atoms with Crippen molar-refractivity contribution in [3.05, 3.63) is 0 Å². The van der Waals surface area contributed by atoms with E-state index < -0.39 is 12.0 Å². The van der Waals surface area contributed by atoms with Gasteiger partial charge in [-0.05, 0) is 0 Å². The SMILES string of the molecule is [3H]NC(CS)C(=O)O. The van der Waals surface area contributed by atoms with Gasteiger partial charge in [0, 0.05) is 5.75 Å². The zero-order valence-corrected chi connectivity index (χ0v) is 4.48. The summed E-state index contributed by atoms with van der Waals surface area (Å²) in [6, 6.07) is -0.849. The zero-order valence-electron chi connectivity index (χ0n) is 4.59. The number of carboxylic acids is 1. The molecule has 0 saturated heterocycles. The second kappa shape index (κ2) is 2.87. The molecule has 0 aromatic carbocycles. The Morgan fingerprint density at radius 2 is 2.86 bits per heavy atom. The molecule has 0 aliphatic carbocycles. The van der Waals surface area contributed by atoms with Gasteiger partial charge in [-0.2, -0.15) is 12.6 Å². The first-order valence-corrected chi connectivity index (χ1v) is 2.36. The Morgan fingerprint density at radius 3 is 2.86 bits per heavy atom. The highest BCUT2D eigenvalue weighted by molar-refractivity contribution is 7.80. The van der Waals surface area contributed by atoms with Crippen molar-refractivity contribution in [3.63, 3.8) is 0 Å². The van der Waals surface area contributed by atoms with Crippen LogP contribution in [0.25, 0.3) is 0 Å². The van der Waals surface area contributed by atoms with Gasteiger partial charge in [0.2, 0.25) is 0 Å². The summed E-state index contributed by atoms with van der Waals surface area (Å²) < 4.78 is 6.41. The van der Waals surface area contributed by atoms with E-state index >= 15 is 0 Å². The van der Waals surface area contributed by atoms with Crippen molar-refractivity contribution >= 4 is 18.6 Å². The Hall–Kier alpha value is -0.220. The molecule has 1 unspecified atom stereocenters. The topological polar surface area (TPSA) is 63.3 Å².